The third-order valence-electron chi connectivity index (χ3n) is 3.72. The Morgan fingerprint density at radius 1 is 1.00 bits per heavy atom. The fourth-order valence-electron chi connectivity index (χ4n) is 2.35. The van der Waals surface area contributed by atoms with Crippen LogP contribution in [0.25, 0.3) is 0 Å². The van der Waals surface area contributed by atoms with Crippen LogP contribution in [0.4, 0.5) is 30.5 Å². The number of halogens is 3. The summed E-state index contributed by atoms with van der Waals surface area (Å²) in [5.74, 6) is -4.49. The predicted molar refractivity (Wildman–Crippen MR) is 97.3 cm³/mol. The molecule has 0 spiro atoms. The first-order valence-corrected chi connectivity index (χ1v) is 8.09. The highest BCUT2D eigenvalue weighted by Gasteiger charge is 2.17. The van der Waals surface area contributed by atoms with Gasteiger partial charge in [0.25, 0.3) is 5.91 Å². The molecule has 3 rings (SSSR count). The van der Waals surface area contributed by atoms with Gasteiger partial charge in [-0.2, -0.15) is 0 Å². The normalized spacial score (nSPS) is 10.5. The van der Waals surface area contributed by atoms with Crippen molar-refractivity contribution in [2.75, 3.05) is 17.7 Å². The van der Waals surface area contributed by atoms with Crippen molar-refractivity contribution in [3.8, 4) is 5.75 Å². The van der Waals surface area contributed by atoms with Crippen molar-refractivity contribution in [2.45, 2.75) is 6.92 Å². The lowest BCUT2D eigenvalue weighted by Crippen LogP contribution is -2.17. The van der Waals surface area contributed by atoms with E-state index < -0.39 is 29.0 Å². The standard InChI is InChI=1S/C19H15F3N4O2/c1-10-9-15(18(27)25-14-8-7-13(20)16(21)17(14)22)26-19(23-10)24-11-3-5-12(28-2)6-4-11/h3-9H,1-2H3,(H,25,27)(H,23,24,26). The molecule has 0 aliphatic heterocycles. The number of anilines is 3. The second-order valence-corrected chi connectivity index (χ2v) is 5.75. The number of benzene rings is 2. The van der Waals surface area contributed by atoms with Crippen LogP contribution < -0.4 is 15.4 Å². The third kappa shape index (κ3) is 4.20. The van der Waals surface area contributed by atoms with Crippen LogP contribution in [0.5, 0.6) is 5.75 Å². The van der Waals surface area contributed by atoms with Crippen LogP contribution in [0.15, 0.2) is 42.5 Å². The summed E-state index contributed by atoms with van der Waals surface area (Å²) in [5.41, 5.74) is 0.559. The van der Waals surface area contributed by atoms with Gasteiger partial charge in [-0.1, -0.05) is 0 Å². The molecule has 3 aromatic rings. The van der Waals surface area contributed by atoms with Gasteiger partial charge in [-0.25, -0.2) is 23.1 Å². The molecule has 1 aromatic heterocycles. The molecule has 0 bridgehead atoms. The maximum atomic E-state index is 13.8. The lowest BCUT2D eigenvalue weighted by Gasteiger charge is -2.10. The molecule has 9 heteroatoms. The molecule has 2 aromatic carbocycles. The van der Waals surface area contributed by atoms with E-state index in [1.54, 1.807) is 38.3 Å². The van der Waals surface area contributed by atoms with Gasteiger partial charge in [0.2, 0.25) is 5.95 Å². The van der Waals surface area contributed by atoms with E-state index in [0.29, 0.717) is 17.1 Å². The summed E-state index contributed by atoms with van der Waals surface area (Å²) in [4.78, 5) is 20.6. The molecule has 0 radical (unpaired) electrons. The topological polar surface area (TPSA) is 76.1 Å². The summed E-state index contributed by atoms with van der Waals surface area (Å²) in [6.45, 7) is 1.65. The first kappa shape index (κ1) is 19.2. The fraction of sp³-hybridized carbons (Fsp3) is 0.105. The van der Waals surface area contributed by atoms with Crippen LogP contribution in [0.1, 0.15) is 16.2 Å². The Kier molecular flexibility index (Phi) is 5.44. The van der Waals surface area contributed by atoms with Gasteiger partial charge in [0.15, 0.2) is 17.5 Å². The van der Waals surface area contributed by atoms with E-state index in [1.165, 1.54) is 6.07 Å². The summed E-state index contributed by atoms with van der Waals surface area (Å²) >= 11 is 0. The van der Waals surface area contributed by atoms with E-state index in [9.17, 15) is 18.0 Å². The number of aromatic nitrogens is 2. The van der Waals surface area contributed by atoms with Gasteiger partial charge in [0.05, 0.1) is 12.8 Å². The van der Waals surface area contributed by atoms with Gasteiger partial charge in [0, 0.05) is 11.4 Å². The molecule has 0 atom stereocenters. The molecule has 0 aliphatic rings. The molecule has 0 aliphatic carbocycles. The van der Waals surface area contributed by atoms with E-state index in [2.05, 4.69) is 20.6 Å². The first-order valence-electron chi connectivity index (χ1n) is 8.09. The summed E-state index contributed by atoms with van der Waals surface area (Å²) in [6, 6.07) is 9.97. The number of nitrogens with one attached hydrogen (secondary N) is 2. The molecular weight excluding hydrogens is 373 g/mol. The number of hydrogen-bond acceptors (Lipinski definition) is 5. The Bertz CT molecular complexity index is 1030. The van der Waals surface area contributed by atoms with E-state index in [-0.39, 0.29) is 11.6 Å². The number of methoxy groups -OCH3 is 1. The smallest absolute Gasteiger partial charge is 0.274 e. The number of rotatable bonds is 5. The molecule has 0 saturated carbocycles. The summed E-state index contributed by atoms with van der Waals surface area (Å²) in [6.07, 6.45) is 0. The van der Waals surface area contributed by atoms with Gasteiger partial charge in [-0.15, -0.1) is 0 Å². The summed E-state index contributed by atoms with van der Waals surface area (Å²) in [5, 5.41) is 5.11. The quantitative estimate of drug-likeness (QED) is 0.641. The highest BCUT2D eigenvalue weighted by molar-refractivity contribution is 6.03. The van der Waals surface area contributed by atoms with Crippen molar-refractivity contribution >= 4 is 23.2 Å². The largest absolute Gasteiger partial charge is 0.497 e. The number of ether oxygens (including phenoxy) is 1. The maximum absolute atomic E-state index is 13.8. The summed E-state index contributed by atoms with van der Waals surface area (Å²) < 4.78 is 45.2. The van der Waals surface area contributed by atoms with Crippen LogP contribution in [0, 0.1) is 24.4 Å². The zero-order valence-electron chi connectivity index (χ0n) is 14.9. The molecular formula is C19H15F3N4O2. The number of carbonyl (C=O) groups excluding carboxylic acids is 1. The van der Waals surface area contributed by atoms with Gasteiger partial charge in [-0.05, 0) is 49.4 Å². The molecule has 6 nitrogen and oxygen atoms in total. The minimum Gasteiger partial charge on any atom is -0.497 e. The molecule has 0 saturated heterocycles. The van der Waals surface area contributed by atoms with Crippen molar-refractivity contribution in [1.29, 1.82) is 0 Å². The van der Waals surface area contributed by atoms with Crippen molar-refractivity contribution < 1.29 is 22.7 Å². The second kappa shape index (κ2) is 7.95. The monoisotopic (exact) mass is 388 g/mol. The zero-order valence-corrected chi connectivity index (χ0v) is 14.9. The molecule has 28 heavy (non-hydrogen) atoms. The molecule has 0 fully saturated rings. The van der Waals surface area contributed by atoms with E-state index in [0.717, 1.165) is 12.1 Å². The zero-order chi connectivity index (χ0) is 20.3. The second-order valence-electron chi connectivity index (χ2n) is 5.75. The van der Waals surface area contributed by atoms with Gasteiger partial charge < -0.3 is 15.4 Å². The Balaban J connectivity index is 1.82. The van der Waals surface area contributed by atoms with Crippen molar-refractivity contribution in [3.05, 3.63) is 71.3 Å². The lowest BCUT2D eigenvalue weighted by atomic mass is 10.2. The van der Waals surface area contributed by atoms with Crippen molar-refractivity contribution in [3.63, 3.8) is 0 Å². The Morgan fingerprint density at radius 3 is 2.39 bits per heavy atom. The van der Waals surface area contributed by atoms with Gasteiger partial charge in [0.1, 0.15) is 11.4 Å². The highest BCUT2D eigenvalue weighted by atomic mass is 19.2. The van der Waals surface area contributed by atoms with Crippen LogP contribution in [0.2, 0.25) is 0 Å². The average molecular weight is 388 g/mol. The Hall–Kier alpha value is -3.62. The molecule has 1 heterocycles. The van der Waals surface area contributed by atoms with Gasteiger partial charge >= 0.3 is 0 Å². The molecule has 2 N–H and O–H groups in total. The maximum Gasteiger partial charge on any atom is 0.274 e. The van der Waals surface area contributed by atoms with Crippen LogP contribution in [-0.4, -0.2) is 23.0 Å². The number of nitrogens with zero attached hydrogens (tertiary/aromatic N) is 2. The number of amides is 1. The molecule has 0 unspecified atom stereocenters. The van der Waals surface area contributed by atoms with Crippen LogP contribution in [0.3, 0.4) is 0 Å². The molecule has 144 valence electrons. The predicted octanol–water partition coefficient (Wildman–Crippen LogP) is 4.21. The van der Waals surface area contributed by atoms with E-state index >= 15 is 0 Å². The van der Waals surface area contributed by atoms with Crippen LogP contribution in [-0.2, 0) is 0 Å². The SMILES string of the molecule is COc1ccc(Nc2nc(C)cc(C(=O)Nc3ccc(F)c(F)c3F)n2)cc1. The number of aryl methyl sites for hydroxylation is 1. The van der Waals surface area contributed by atoms with Crippen LogP contribution >= 0.6 is 0 Å². The Labute approximate surface area is 158 Å². The van der Waals surface area contributed by atoms with Crippen molar-refractivity contribution in [2.24, 2.45) is 0 Å². The Morgan fingerprint density at radius 2 is 1.71 bits per heavy atom. The average Bonchev–Trinajstić information content (AvgIpc) is 2.68. The number of carbonyl (C=O) groups is 1. The molecule has 1 amide bonds. The highest BCUT2D eigenvalue weighted by Crippen LogP contribution is 2.21. The third-order valence-corrected chi connectivity index (χ3v) is 3.72. The van der Waals surface area contributed by atoms with Gasteiger partial charge in [-0.3, -0.25) is 4.79 Å². The minimum atomic E-state index is -1.67. The number of hydrogen-bond donors (Lipinski definition) is 2. The van der Waals surface area contributed by atoms with Crippen molar-refractivity contribution in [1.82, 2.24) is 9.97 Å². The first-order chi connectivity index (χ1) is 13.4. The van der Waals surface area contributed by atoms with E-state index in [4.69, 9.17) is 4.74 Å². The fourth-order valence-corrected chi connectivity index (χ4v) is 2.35. The van der Waals surface area contributed by atoms with E-state index in [1.807, 2.05) is 0 Å². The summed E-state index contributed by atoms with van der Waals surface area (Å²) in [7, 11) is 1.55. The minimum absolute atomic E-state index is 0.0763. The lowest BCUT2D eigenvalue weighted by molar-refractivity contribution is 0.102.